The average Bonchev–Trinajstić information content (AvgIpc) is 2.69. The fraction of sp³-hybridized carbons (Fsp3) is 0.619. The highest BCUT2D eigenvalue weighted by Gasteiger charge is 2.51. The maximum Gasteiger partial charge on any atom is 0.310 e. The molecular weight excluding hydrogens is 374 g/mol. The van der Waals surface area contributed by atoms with Gasteiger partial charge in [-0.05, 0) is 67.9 Å². The minimum absolute atomic E-state index is 0.0144. The molecule has 8 nitrogen and oxygen atoms in total. The van der Waals surface area contributed by atoms with Crippen LogP contribution in [0.5, 0.6) is 0 Å². The molecule has 0 heterocycles. The summed E-state index contributed by atoms with van der Waals surface area (Å²) >= 11 is 0. The van der Waals surface area contributed by atoms with E-state index in [-0.39, 0.29) is 30.1 Å². The fourth-order valence-corrected chi connectivity index (χ4v) is 5.70. The van der Waals surface area contributed by atoms with Crippen LogP contribution in [-0.4, -0.2) is 36.5 Å². The van der Waals surface area contributed by atoms with Gasteiger partial charge >= 0.3 is 5.97 Å². The molecule has 4 aliphatic rings. The third-order valence-corrected chi connectivity index (χ3v) is 6.70. The van der Waals surface area contributed by atoms with Gasteiger partial charge in [-0.25, -0.2) is 0 Å². The highest BCUT2D eigenvalue weighted by Crippen LogP contribution is 2.56. The number of esters is 1. The summed E-state index contributed by atoms with van der Waals surface area (Å²) in [6.45, 7) is 0.595. The number of benzene rings is 1. The molecule has 0 aromatic heterocycles. The third kappa shape index (κ3) is 4.52. The number of carbonyl (C=O) groups is 2. The number of nitro benzene ring substituents is 1. The maximum atomic E-state index is 12.6. The molecule has 4 bridgehead atoms. The van der Waals surface area contributed by atoms with Gasteiger partial charge in [0.1, 0.15) is 0 Å². The van der Waals surface area contributed by atoms with Crippen LogP contribution in [0.3, 0.4) is 0 Å². The first kappa shape index (κ1) is 19.7. The van der Waals surface area contributed by atoms with Gasteiger partial charge in [0, 0.05) is 30.9 Å². The average molecular weight is 401 g/mol. The predicted molar refractivity (Wildman–Crippen MR) is 106 cm³/mol. The molecule has 1 aromatic carbocycles. The van der Waals surface area contributed by atoms with Crippen molar-refractivity contribution >= 4 is 23.3 Å². The molecule has 0 atom stereocenters. The van der Waals surface area contributed by atoms with E-state index in [4.69, 9.17) is 4.74 Å². The van der Waals surface area contributed by atoms with E-state index in [1.54, 1.807) is 12.1 Å². The quantitative estimate of drug-likeness (QED) is 0.300. The highest BCUT2D eigenvalue weighted by atomic mass is 16.6. The number of nitrogens with zero attached hydrogens (tertiary/aromatic N) is 1. The van der Waals surface area contributed by atoms with Gasteiger partial charge in [-0.3, -0.25) is 19.7 Å². The molecule has 5 rings (SSSR count). The van der Waals surface area contributed by atoms with E-state index >= 15 is 0 Å². The second-order valence-electron chi connectivity index (χ2n) is 8.64. The van der Waals surface area contributed by atoms with Crippen LogP contribution in [0.15, 0.2) is 24.3 Å². The molecule has 4 aliphatic carbocycles. The van der Waals surface area contributed by atoms with Gasteiger partial charge in [0.2, 0.25) is 0 Å². The van der Waals surface area contributed by atoms with E-state index in [9.17, 15) is 19.7 Å². The van der Waals surface area contributed by atoms with E-state index < -0.39 is 4.92 Å². The predicted octanol–water partition coefficient (Wildman–Crippen LogP) is 2.74. The molecule has 29 heavy (non-hydrogen) atoms. The van der Waals surface area contributed by atoms with Crippen LogP contribution in [0.2, 0.25) is 0 Å². The molecule has 8 heteroatoms. The topological polar surface area (TPSA) is 111 Å². The van der Waals surface area contributed by atoms with Gasteiger partial charge in [-0.15, -0.1) is 0 Å². The van der Waals surface area contributed by atoms with E-state index in [1.165, 1.54) is 18.6 Å². The van der Waals surface area contributed by atoms with Gasteiger partial charge in [0.15, 0.2) is 6.61 Å². The van der Waals surface area contributed by atoms with Gasteiger partial charge in [-0.1, -0.05) is 0 Å². The van der Waals surface area contributed by atoms with Crippen LogP contribution < -0.4 is 10.6 Å². The van der Waals surface area contributed by atoms with Crippen LogP contribution in [-0.2, 0) is 14.3 Å². The van der Waals surface area contributed by atoms with Gasteiger partial charge in [-0.2, -0.15) is 0 Å². The van der Waals surface area contributed by atoms with Crippen LogP contribution >= 0.6 is 0 Å². The monoisotopic (exact) mass is 401 g/mol. The van der Waals surface area contributed by atoms with Crippen molar-refractivity contribution in [1.82, 2.24) is 5.32 Å². The first-order chi connectivity index (χ1) is 14.0. The first-order valence-electron chi connectivity index (χ1n) is 10.4. The van der Waals surface area contributed by atoms with E-state index in [1.807, 2.05) is 0 Å². The van der Waals surface area contributed by atoms with Gasteiger partial charge < -0.3 is 15.4 Å². The van der Waals surface area contributed by atoms with Crippen molar-refractivity contribution in [2.45, 2.75) is 32.1 Å². The number of amides is 1. The Morgan fingerprint density at radius 1 is 1.00 bits per heavy atom. The SMILES string of the molecule is O=C(COC(=O)C1C2CC3CC(C2)CC1C3)NCCNc1ccc([N+](=O)[O-])cc1. The highest BCUT2D eigenvalue weighted by molar-refractivity contribution is 5.81. The number of hydrogen-bond acceptors (Lipinski definition) is 6. The largest absolute Gasteiger partial charge is 0.455 e. The Morgan fingerprint density at radius 3 is 2.21 bits per heavy atom. The molecule has 2 N–H and O–H groups in total. The lowest BCUT2D eigenvalue weighted by molar-refractivity contribution is -0.384. The number of rotatable bonds is 8. The van der Waals surface area contributed by atoms with Crippen molar-refractivity contribution in [1.29, 1.82) is 0 Å². The second-order valence-corrected chi connectivity index (χ2v) is 8.64. The number of non-ortho nitro benzene ring substituents is 1. The lowest BCUT2D eigenvalue weighted by atomic mass is 9.52. The van der Waals surface area contributed by atoms with Crippen molar-refractivity contribution in [3.8, 4) is 0 Å². The Labute approximate surface area is 169 Å². The zero-order valence-corrected chi connectivity index (χ0v) is 16.3. The summed E-state index contributed by atoms with van der Waals surface area (Å²) in [7, 11) is 0. The van der Waals surface area contributed by atoms with Crippen LogP contribution in [0, 0.1) is 39.7 Å². The molecule has 0 aliphatic heterocycles. The lowest BCUT2D eigenvalue weighted by Gasteiger charge is -2.53. The zero-order chi connectivity index (χ0) is 20.4. The summed E-state index contributed by atoms with van der Waals surface area (Å²) in [5, 5.41) is 16.4. The van der Waals surface area contributed by atoms with E-state index in [0.29, 0.717) is 24.9 Å². The molecule has 0 spiro atoms. The summed E-state index contributed by atoms with van der Waals surface area (Å²) in [6.07, 6.45) is 5.92. The summed E-state index contributed by atoms with van der Waals surface area (Å²) in [4.78, 5) is 34.7. The Hall–Kier alpha value is -2.64. The molecular formula is C21H27N3O5. The number of hydrogen-bond donors (Lipinski definition) is 2. The normalized spacial score (nSPS) is 29.3. The molecule has 1 aromatic rings. The van der Waals surface area contributed by atoms with Gasteiger partial charge in [0.25, 0.3) is 11.6 Å². The van der Waals surface area contributed by atoms with Crippen molar-refractivity contribution in [3.63, 3.8) is 0 Å². The Morgan fingerprint density at radius 2 is 1.62 bits per heavy atom. The van der Waals surface area contributed by atoms with Crippen molar-refractivity contribution < 1.29 is 19.2 Å². The number of nitro groups is 1. The Bertz CT molecular complexity index is 751. The Kier molecular flexibility index (Phi) is 5.69. The standard InChI is InChI=1S/C21H27N3O5/c25-19(23-6-5-22-17-1-3-18(4-2-17)24(27)28)12-29-21(26)20-15-8-13-7-14(10-15)11-16(20)9-13/h1-4,13-16,20,22H,5-12H2,(H,23,25). The number of ether oxygens (including phenoxy) is 1. The third-order valence-electron chi connectivity index (χ3n) is 6.70. The minimum atomic E-state index is -0.450. The molecule has 156 valence electrons. The summed E-state index contributed by atoms with van der Waals surface area (Å²) < 4.78 is 5.35. The minimum Gasteiger partial charge on any atom is -0.455 e. The van der Waals surface area contributed by atoms with Crippen molar-refractivity contribution in [2.75, 3.05) is 25.0 Å². The summed E-state index contributed by atoms with van der Waals surface area (Å²) in [5.41, 5.74) is 0.767. The van der Waals surface area contributed by atoms with Crippen molar-refractivity contribution in [3.05, 3.63) is 34.4 Å². The fourth-order valence-electron chi connectivity index (χ4n) is 5.70. The first-order valence-corrected chi connectivity index (χ1v) is 10.4. The summed E-state index contributed by atoms with van der Waals surface area (Å²) in [5.74, 6) is 1.98. The smallest absolute Gasteiger partial charge is 0.310 e. The van der Waals surface area contributed by atoms with Crippen LogP contribution in [0.4, 0.5) is 11.4 Å². The Balaban J connectivity index is 1.14. The van der Waals surface area contributed by atoms with E-state index in [0.717, 1.165) is 43.2 Å². The zero-order valence-electron chi connectivity index (χ0n) is 16.3. The lowest BCUT2D eigenvalue weighted by Crippen LogP contribution is -2.48. The van der Waals surface area contributed by atoms with Crippen molar-refractivity contribution in [2.24, 2.45) is 29.6 Å². The number of carbonyl (C=O) groups excluding carboxylic acids is 2. The molecule has 0 unspecified atom stereocenters. The van der Waals surface area contributed by atoms with Crippen LogP contribution in [0.1, 0.15) is 32.1 Å². The van der Waals surface area contributed by atoms with Gasteiger partial charge in [0.05, 0.1) is 10.8 Å². The number of anilines is 1. The maximum absolute atomic E-state index is 12.6. The molecule has 4 saturated carbocycles. The second kappa shape index (κ2) is 8.39. The van der Waals surface area contributed by atoms with E-state index in [2.05, 4.69) is 10.6 Å². The van der Waals surface area contributed by atoms with Crippen LogP contribution in [0.25, 0.3) is 0 Å². The molecule has 0 radical (unpaired) electrons. The summed E-state index contributed by atoms with van der Waals surface area (Å²) in [6, 6.07) is 6.08. The molecule has 0 saturated heterocycles. The molecule has 1 amide bonds. The molecule has 4 fully saturated rings. The number of nitrogens with one attached hydrogen (secondary N) is 2.